The van der Waals surface area contributed by atoms with E-state index < -0.39 is 0 Å². The maximum atomic E-state index is 12.4. The summed E-state index contributed by atoms with van der Waals surface area (Å²) >= 11 is 5.22. The van der Waals surface area contributed by atoms with Gasteiger partial charge < -0.3 is 14.8 Å². The third-order valence-corrected chi connectivity index (χ3v) is 3.70. The van der Waals surface area contributed by atoms with E-state index in [2.05, 4.69) is 17.6 Å². The molecule has 6 heteroatoms. The first kappa shape index (κ1) is 19.7. The van der Waals surface area contributed by atoms with Gasteiger partial charge >= 0.3 is 0 Å². The van der Waals surface area contributed by atoms with Gasteiger partial charge in [-0.15, -0.1) is 0 Å². The summed E-state index contributed by atoms with van der Waals surface area (Å²) in [7, 11) is 0. The molecule has 138 valence electrons. The van der Waals surface area contributed by atoms with Gasteiger partial charge in [-0.25, -0.2) is 0 Å². The fraction of sp³-hybridized carbons (Fsp3) is 0.300. The molecule has 5 nitrogen and oxygen atoms in total. The Hall–Kier alpha value is -2.60. The fourth-order valence-electron chi connectivity index (χ4n) is 2.23. The van der Waals surface area contributed by atoms with Gasteiger partial charge in [0.1, 0.15) is 11.5 Å². The van der Waals surface area contributed by atoms with Crippen LogP contribution in [0.25, 0.3) is 0 Å². The summed E-state index contributed by atoms with van der Waals surface area (Å²) in [6, 6.07) is 14.5. The van der Waals surface area contributed by atoms with Gasteiger partial charge in [0.2, 0.25) is 0 Å². The van der Waals surface area contributed by atoms with Crippen molar-refractivity contribution in [3.8, 4) is 11.5 Å². The highest BCUT2D eigenvalue weighted by molar-refractivity contribution is 7.80. The van der Waals surface area contributed by atoms with Crippen LogP contribution in [0.4, 0.5) is 5.69 Å². The highest BCUT2D eigenvalue weighted by Gasteiger charge is 2.09. The molecule has 0 aromatic heterocycles. The number of thiocarbonyl (C=S) groups is 1. The average Bonchev–Trinajstić information content (AvgIpc) is 2.63. The molecule has 0 bridgehead atoms. The maximum Gasteiger partial charge on any atom is 0.257 e. The third kappa shape index (κ3) is 6.37. The standard InChI is InChI=1S/C20H24N2O3S/c1-3-5-12-25-17-10-6-8-15(13-17)19(23)22-20(26)21-16-9-7-11-18(14-16)24-4-2/h6-11,13-14H,3-5,12H2,1-2H3,(H2,21,22,23,26). The number of carbonyl (C=O) groups excluding carboxylic acids is 1. The number of hydrogen-bond acceptors (Lipinski definition) is 4. The molecule has 0 aliphatic carbocycles. The minimum absolute atomic E-state index is 0.223. The molecule has 0 spiro atoms. The smallest absolute Gasteiger partial charge is 0.257 e. The molecule has 2 N–H and O–H groups in total. The Morgan fingerprint density at radius 3 is 2.50 bits per heavy atom. The number of hydrogen-bond donors (Lipinski definition) is 2. The lowest BCUT2D eigenvalue weighted by Crippen LogP contribution is -2.34. The van der Waals surface area contributed by atoms with E-state index in [-0.39, 0.29) is 11.0 Å². The molecule has 1 amide bonds. The Morgan fingerprint density at radius 2 is 1.77 bits per heavy atom. The Balaban J connectivity index is 1.93. The van der Waals surface area contributed by atoms with Crippen molar-refractivity contribution >= 4 is 28.9 Å². The number of nitrogens with one attached hydrogen (secondary N) is 2. The molecule has 0 saturated carbocycles. The Labute approximate surface area is 159 Å². The van der Waals surface area contributed by atoms with Crippen molar-refractivity contribution in [3.63, 3.8) is 0 Å². The third-order valence-electron chi connectivity index (χ3n) is 3.49. The lowest BCUT2D eigenvalue weighted by atomic mass is 10.2. The molecule has 2 rings (SSSR count). The topological polar surface area (TPSA) is 59.6 Å². The van der Waals surface area contributed by atoms with Crippen molar-refractivity contribution in [3.05, 3.63) is 54.1 Å². The molecule has 0 unspecified atom stereocenters. The molecule has 26 heavy (non-hydrogen) atoms. The van der Waals surface area contributed by atoms with Crippen LogP contribution in [0, 0.1) is 0 Å². The molecular formula is C20H24N2O3S. The number of ether oxygens (including phenoxy) is 2. The van der Waals surface area contributed by atoms with Crippen LogP contribution >= 0.6 is 12.2 Å². The van der Waals surface area contributed by atoms with Gasteiger partial charge in [-0.1, -0.05) is 25.5 Å². The van der Waals surface area contributed by atoms with Crippen LogP contribution in [0.15, 0.2) is 48.5 Å². The first-order valence-electron chi connectivity index (χ1n) is 8.70. The van der Waals surface area contributed by atoms with Gasteiger partial charge in [-0.2, -0.15) is 0 Å². The van der Waals surface area contributed by atoms with Crippen molar-refractivity contribution in [1.82, 2.24) is 5.32 Å². The van der Waals surface area contributed by atoms with Gasteiger partial charge in [0.15, 0.2) is 5.11 Å². The lowest BCUT2D eigenvalue weighted by Gasteiger charge is -2.12. The number of rotatable bonds is 8. The second-order valence-electron chi connectivity index (χ2n) is 5.60. The molecule has 2 aromatic carbocycles. The van der Waals surface area contributed by atoms with Gasteiger partial charge in [0, 0.05) is 17.3 Å². The zero-order valence-electron chi connectivity index (χ0n) is 15.1. The SMILES string of the molecule is CCCCOc1cccc(C(=O)NC(=S)Nc2cccc(OCC)c2)c1. The van der Waals surface area contributed by atoms with Crippen molar-refractivity contribution in [1.29, 1.82) is 0 Å². The zero-order valence-corrected chi connectivity index (χ0v) is 15.9. The summed E-state index contributed by atoms with van der Waals surface area (Å²) in [5.41, 5.74) is 1.24. The predicted octanol–water partition coefficient (Wildman–Crippen LogP) is 4.39. The van der Waals surface area contributed by atoms with Crippen LogP contribution in [-0.2, 0) is 0 Å². The summed E-state index contributed by atoms with van der Waals surface area (Å²) in [5.74, 6) is 1.13. The van der Waals surface area contributed by atoms with Crippen LogP contribution in [0.1, 0.15) is 37.0 Å². The summed E-state index contributed by atoms with van der Waals surface area (Å²) in [6.45, 7) is 5.25. The van der Waals surface area contributed by atoms with Gasteiger partial charge in [-0.3, -0.25) is 10.1 Å². The highest BCUT2D eigenvalue weighted by atomic mass is 32.1. The summed E-state index contributed by atoms with van der Waals surface area (Å²) in [5, 5.41) is 5.88. The van der Waals surface area contributed by atoms with Gasteiger partial charge in [-0.05, 0) is 55.9 Å². The minimum atomic E-state index is -0.288. The van der Waals surface area contributed by atoms with Crippen molar-refractivity contribution < 1.29 is 14.3 Å². The molecule has 0 heterocycles. The molecule has 0 saturated heterocycles. The first-order valence-corrected chi connectivity index (χ1v) is 9.11. The fourth-order valence-corrected chi connectivity index (χ4v) is 2.44. The normalized spacial score (nSPS) is 10.1. The molecule has 0 aliphatic heterocycles. The molecule has 0 fully saturated rings. The van der Waals surface area contributed by atoms with E-state index in [4.69, 9.17) is 21.7 Å². The Kier molecular flexibility index (Phi) is 7.89. The summed E-state index contributed by atoms with van der Waals surface area (Å²) < 4.78 is 11.1. The van der Waals surface area contributed by atoms with E-state index in [1.54, 1.807) is 18.2 Å². The van der Waals surface area contributed by atoms with Crippen molar-refractivity contribution in [2.24, 2.45) is 0 Å². The lowest BCUT2D eigenvalue weighted by molar-refractivity contribution is 0.0977. The molecule has 2 aromatic rings. The number of unbranched alkanes of at least 4 members (excludes halogenated alkanes) is 1. The quantitative estimate of drug-likeness (QED) is 0.532. The molecule has 0 aliphatic rings. The van der Waals surface area contributed by atoms with Gasteiger partial charge in [0.25, 0.3) is 5.91 Å². The van der Waals surface area contributed by atoms with Crippen LogP contribution in [-0.4, -0.2) is 24.2 Å². The van der Waals surface area contributed by atoms with Crippen LogP contribution < -0.4 is 20.1 Å². The largest absolute Gasteiger partial charge is 0.494 e. The highest BCUT2D eigenvalue weighted by Crippen LogP contribution is 2.17. The molecule has 0 atom stereocenters. The second-order valence-corrected chi connectivity index (χ2v) is 6.01. The van der Waals surface area contributed by atoms with Crippen molar-refractivity contribution in [2.75, 3.05) is 18.5 Å². The average molecular weight is 372 g/mol. The van der Waals surface area contributed by atoms with E-state index >= 15 is 0 Å². The predicted molar refractivity (Wildman–Crippen MR) is 108 cm³/mol. The van der Waals surface area contributed by atoms with E-state index in [0.717, 1.165) is 24.3 Å². The number of benzene rings is 2. The van der Waals surface area contributed by atoms with E-state index in [0.29, 0.717) is 24.5 Å². The molecular weight excluding hydrogens is 348 g/mol. The maximum absolute atomic E-state index is 12.4. The van der Waals surface area contributed by atoms with E-state index in [1.165, 1.54) is 0 Å². The number of carbonyl (C=O) groups is 1. The summed E-state index contributed by atoms with van der Waals surface area (Å²) in [4.78, 5) is 12.4. The minimum Gasteiger partial charge on any atom is -0.494 e. The number of amides is 1. The van der Waals surface area contributed by atoms with Crippen molar-refractivity contribution in [2.45, 2.75) is 26.7 Å². The number of anilines is 1. The van der Waals surface area contributed by atoms with Gasteiger partial charge in [0.05, 0.1) is 13.2 Å². The molecule has 0 radical (unpaired) electrons. The summed E-state index contributed by atoms with van der Waals surface area (Å²) in [6.07, 6.45) is 2.04. The second kappa shape index (κ2) is 10.4. The van der Waals surface area contributed by atoms with Crippen LogP contribution in [0.2, 0.25) is 0 Å². The Morgan fingerprint density at radius 1 is 1.04 bits per heavy atom. The Bertz CT molecular complexity index is 749. The zero-order chi connectivity index (χ0) is 18.8. The van der Waals surface area contributed by atoms with Crippen LogP contribution in [0.3, 0.4) is 0 Å². The van der Waals surface area contributed by atoms with E-state index in [1.807, 2.05) is 37.3 Å². The first-order chi connectivity index (χ1) is 12.6. The monoisotopic (exact) mass is 372 g/mol. The van der Waals surface area contributed by atoms with Crippen LogP contribution in [0.5, 0.6) is 11.5 Å². The van der Waals surface area contributed by atoms with E-state index in [9.17, 15) is 4.79 Å².